The van der Waals surface area contributed by atoms with Gasteiger partial charge in [-0.3, -0.25) is 20.0 Å². The lowest BCUT2D eigenvalue weighted by molar-refractivity contribution is -0.149. The van der Waals surface area contributed by atoms with E-state index in [1.165, 1.54) is 23.4 Å². The highest BCUT2D eigenvalue weighted by atomic mass is 16.7. The molecule has 1 unspecified atom stereocenters. The lowest BCUT2D eigenvalue weighted by atomic mass is 10.0. The average molecular weight is 445 g/mol. The molecule has 0 amide bonds. The summed E-state index contributed by atoms with van der Waals surface area (Å²) >= 11 is 0. The van der Waals surface area contributed by atoms with E-state index in [0.29, 0.717) is 0 Å². The van der Waals surface area contributed by atoms with Crippen LogP contribution in [-0.4, -0.2) is 50.8 Å². The Morgan fingerprint density at radius 3 is 2.81 bits per heavy atom. The van der Waals surface area contributed by atoms with Gasteiger partial charge in [0.15, 0.2) is 5.82 Å². The second-order valence-electron chi connectivity index (χ2n) is 7.72. The molecule has 0 spiro atoms. The maximum absolute atomic E-state index is 12.3. The summed E-state index contributed by atoms with van der Waals surface area (Å²) < 4.78 is 17.1. The summed E-state index contributed by atoms with van der Waals surface area (Å²) in [5, 5.41) is 17.9. The highest BCUT2D eigenvalue weighted by molar-refractivity contribution is 5.72. The number of carboxylic acid groups (broad SMARTS) is 1. The number of aryl methyl sites for hydroxylation is 2. The van der Waals surface area contributed by atoms with E-state index < -0.39 is 36.3 Å². The predicted molar refractivity (Wildman–Crippen MR) is 108 cm³/mol. The van der Waals surface area contributed by atoms with Gasteiger partial charge in [-0.1, -0.05) is 18.2 Å². The fraction of sp³-hybridized carbons (Fsp3) is 0.429. The molecule has 0 saturated carbocycles. The van der Waals surface area contributed by atoms with Crippen LogP contribution >= 0.6 is 0 Å². The summed E-state index contributed by atoms with van der Waals surface area (Å²) in [5.74, 6) is -0.513. The van der Waals surface area contributed by atoms with Crippen LogP contribution in [0.5, 0.6) is 0 Å². The minimum absolute atomic E-state index is 0.0345. The Labute approximate surface area is 182 Å². The van der Waals surface area contributed by atoms with Crippen molar-refractivity contribution in [3.05, 3.63) is 57.6 Å². The van der Waals surface area contributed by atoms with E-state index in [1.807, 2.05) is 18.2 Å². The van der Waals surface area contributed by atoms with Crippen molar-refractivity contribution in [1.29, 1.82) is 0 Å². The number of esters is 1. The van der Waals surface area contributed by atoms with Crippen molar-refractivity contribution >= 4 is 17.9 Å². The van der Waals surface area contributed by atoms with Gasteiger partial charge in [0, 0.05) is 12.6 Å². The van der Waals surface area contributed by atoms with Crippen molar-refractivity contribution in [2.45, 2.75) is 50.5 Å². The van der Waals surface area contributed by atoms with E-state index in [-0.39, 0.29) is 25.3 Å². The molecule has 4 rings (SSSR count). The highest BCUT2D eigenvalue weighted by Crippen LogP contribution is 2.30. The maximum atomic E-state index is 12.3. The normalized spacial score (nSPS) is 21.7. The van der Waals surface area contributed by atoms with E-state index in [4.69, 9.17) is 24.5 Å². The summed E-state index contributed by atoms with van der Waals surface area (Å²) in [6.07, 6.45) is 0.461. The molecule has 1 aromatic heterocycles. The molecular formula is C21H23N3O8. The Kier molecular flexibility index (Phi) is 6.37. The number of nitrogens with one attached hydrogen (secondary N) is 1. The Morgan fingerprint density at radius 2 is 2.06 bits per heavy atom. The number of rotatable bonds is 7. The van der Waals surface area contributed by atoms with Gasteiger partial charge in [-0.25, -0.2) is 9.59 Å². The zero-order valence-corrected chi connectivity index (χ0v) is 17.1. The molecule has 1 saturated heterocycles. The molecule has 170 valence electrons. The van der Waals surface area contributed by atoms with E-state index in [0.717, 1.165) is 29.4 Å². The van der Waals surface area contributed by atoms with Gasteiger partial charge in [0.25, 0.3) is 0 Å². The molecule has 1 aliphatic heterocycles. The van der Waals surface area contributed by atoms with E-state index in [9.17, 15) is 14.4 Å². The van der Waals surface area contributed by atoms with Gasteiger partial charge in [-0.05, 0) is 42.0 Å². The molecule has 11 nitrogen and oxygen atoms in total. The minimum Gasteiger partial charge on any atom is -0.463 e. The van der Waals surface area contributed by atoms with Crippen LogP contribution in [0.4, 0.5) is 10.6 Å². The fourth-order valence-corrected chi connectivity index (χ4v) is 4.10. The molecular weight excluding hydrogens is 422 g/mol. The topological polar surface area (TPSA) is 149 Å². The standard InChI is InChI=1S/C21H23N3O8/c25-19(9-12-4-5-13-2-1-3-14(13)8-12)30-11-16-15(32-21(27)28)10-18(31-16)24-7-6-17(23-29)22-20(24)26/h4-8,15-16,18,29H,1-3,9-11H2,(H,27,28)(H,22,23,26)/t15?,16-,18-/m1/s1. The maximum Gasteiger partial charge on any atom is 0.506 e. The molecule has 0 bridgehead atoms. The number of hydrogen-bond donors (Lipinski definition) is 3. The molecule has 3 atom stereocenters. The van der Waals surface area contributed by atoms with Gasteiger partial charge in [-0.15, -0.1) is 0 Å². The summed E-state index contributed by atoms with van der Waals surface area (Å²) in [6, 6.07) is 7.32. The smallest absolute Gasteiger partial charge is 0.463 e. The first-order valence-electron chi connectivity index (χ1n) is 10.2. The Hall–Kier alpha value is -3.44. The van der Waals surface area contributed by atoms with Gasteiger partial charge in [0.05, 0.1) is 6.42 Å². The molecule has 2 aromatic rings. The van der Waals surface area contributed by atoms with Crippen LogP contribution in [0, 0.1) is 0 Å². The van der Waals surface area contributed by atoms with Crippen molar-refractivity contribution in [3.63, 3.8) is 0 Å². The number of ether oxygens (including phenoxy) is 3. The Morgan fingerprint density at radius 1 is 1.25 bits per heavy atom. The van der Waals surface area contributed by atoms with Crippen LogP contribution in [-0.2, 0) is 38.3 Å². The first-order valence-corrected chi connectivity index (χ1v) is 10.2. The molecule has 1 fully saturated rings. The molecule has 2 aliphatic rings. The van der Waals surface area contributed by atoms with Gasteiger partial charge in [-0.2, -0.15) is 4.98 Å². The number of benzene rings is 1. The largest absolute Gasteiger partial charge is 0.506 e. The van der Waals surface area contributed by atoms with Crippen LogP contribution in [0.2, 0.25) is 0 Å². The van der Waals surface area contributed by atoms with E-state index >= 15 is 0 Å². The third-order valence-corrected chi connectivity index (χ3v) is 5.61. The summed E-state index contributed by atoms with van der Waals surface area (Å²) in [6.45, 7) is -0.226. The zero-order valence-electron chi connectivity index (χ0n) is 17.1. The van der Waals surface area contributed by atoms with Crippen molar-refractivity contribution in [3.8, 4) is 0 Å². The number of aromatic nitrogens is 2. The Bertz CT molecular complexity index is 1070. The molecule has 32 heavy (non-hydrogen) atoms. The van der Waals surface area contributed by atoms with Crippen LogP contribution < -0.4 is 11.2 Å². The third kappa shape index (κ3) is 4.89. The van der Waals surface area contributed by atoms with E-state index in [2.05, 4.69) is 4.98 Å². The molecule has 3 N–H and O–H groups in total. The number of carbonyl (C=O) groups is 2. The van der Waals surface area contributed by atoms with Gasteiger partial charge in [0.2, 0.25) is 0 Å². The van der Waals surface area contributed by atoms with Crippen molar-refractivity contribution in [2.24, 2.45) is 0 Å². The predicted octanol–water partition coefficient (Wildman–Crippen LogP) is 1.67. The summed E-state index contributed by atoms with van der Waals surface area (Å²) in [4.78, 5) is 39.2. The second kappa shape index (κ2) is 9.37. The fourth-order valence-electron chi connectivity index (χ4n) is 4.10. The monoisotopic (exact) mass is 445 g/mol. The number of fused-ring (bicyclic) bond motifs is 1. The van der Waals surface area contributed by atoms with Crippen molar-refractivity contribution in [1.82, 2.24) is 9.55 Å². The Balaban J connectivity index is 1.39. The quantitative estimate of drug-likeness (QED) is 0.424. The van der Waals surface area contributed by atoms with Crippen LogP contribution in [0.25, 0.3) is 0 Å². The first-order chi connectivity index (χ1) is 15.4. The number of anilines is 1. The highest BCUT2D eigenvalue weighted by Gasteiger charge is 2.40. The molecule has 0 radical (unpaired) electrons. The van der Waals surface area contributed by atoms with Crippen LogP contribution in [0.1, 0.15) is 35.8 Å². The minimum atomic E-state index is -1.50. The summed E-state index contributed by atoms with van der Waals surface area (Å²) in [5.41, 5.74) is 4.49. The van der Waals surface area contributed by atoms with Gasteiger partial charge >= 0.3 is 17.8 Å². The molecule has 1 aliphatic carbocycles. The molecule has 11 heteroatoms. The number of nitrogens with zero attached hydrogens (tertiary/aromatic N) is 2. The van der Waals surface area contributed by atoms with Crippen molar-refractivity contribution in [2.75, 3.05) is 12.1 Å². The molecule has 1 aromatic carbocycles. The van der Waals surface area contributed by atoms with Crippen LogP contribution in [0.3, 0.4) is 0 Å². The lowest BCUT2D eigenvalue weighted by Crippen LogP contribution is -2.32. The third-order valence-electron chi connectivity index (χ3n) is 5.61. The lowest BCUT2D eigenvalue weighted by Gasteiger charge is -2.17. The van der Waals surface area contributed by atoms with Crippen molar-refractivity contribution < 1.29 is 34.1 Å². The van der Waals surface area contributed by atoms with Gasteiger partial charge < -0.3 is 19.3 Å². The van der Waals surface area contributed by atoms with E-state index in [1.54, 1.807) is 5.48 Å². The van der Waals surface area contributed by atoms with Gasteiger partial charge in [0.1, 0.15) is 25.0 Å². The zero-order chi connectivity index (χ0) is 22.7. The SMILES string of the molecule is O=C(O)OC1C[C@H](n2ccc(NO)nc2=O)O[C@@H]1COC(=O)Cc1ccc2c(c1)CCC2. The number of carbonyl (C=O) groups excluding carboxylic acids is 1. The molecule has 2 heterocycles. The average Bonchev–Trinajstić information content (AvgIpc) is 3.38. The second-order valence-corrected chi connectivity index (χ2v) is 7.72. The summed E-state index contributed by atoms with van der Waals surface area (Å²) in [7, 11) is 0. The first kappa shape index (κ1) is 21.8. The number of hydrogen-bond acceptors (Lipinski definition) is 9. The van der Waals surface area contributed by atoms with Crippen LogP contribution in [0.15, 0.2) is 35.3 Å².